The molecule has 0 aliphatic carbocycles. The van der Waals surface area contributed by atoms with Crippen LogP contribution in [0.3, 0.4) is 0 Å². The maximum Gasteiger partial charge on any atom is 0.127 e. The van der Waals surface area contributed by atoms with E-state index in [9.17, 15) is 0 Å². The Kier molecular flexibility index (Phi) is 3.15. The first-order valence-corrected chi connectivity index (χ1v) is 6.42. The number of H-pyrrole nitrogens is 2. The van der Waals surface area contributed by atoms with E-state index in [1.165, 1.54) is 0 Å². The van der Waals surface area contributed by atoms with Crippen molar-refractivity contribution >= 4 is 12.2 Å². The summed E-state index contributed by atoms with van der Waals surface area (Å²) in [4.78, 5) is 4.02. The quantitative estimate of drug-likeness (QED) is 0.703. The minimum atomic E-state index is 0.615. The minimum Gasteiger partial charge on any atom is -0.299 e. The molecule has 0 saturated heterocycles. The second-order valence-electron chi connectivity index (χ2n) is 4.26. The van der Waals surface area contributed by atoms with Crippen LogP contribution in [0.15, 0.2) is 48.8 Å². The molecule has 96 valence electrons. The second-order valence-corrected chi connectivity index (χ2v) is 4.67. The highest BCUT2D eigenvalue weighted by molar-refractivity contribution is 7.71. The van der Waals surface area contributed by atoms with Crippen LogP contribution in [0.2, 0.25) is 0 Å². The summed E-state index contributed by atoms with van der Waals surface area (Å²) >= 11 is 5.34. The molecule has 1 aromatic carbocycles. The van der Waals surface area contributed by atoms with E-state index >= 15 is 0 Å². The molecule has 0 unspecified atom stereocenters. The molecule has 0 spiro atoms. The highest BCUT2D eigenvalue weighted by Crippen LogP contribution is 2.31. The number of nitrogens with zero attached hydrogens (tertiary/aromatic N) is 2. The van der Waals surface area contributed by atoms with Gasteiger partial charge in [0.2, 0.25) is 0 Å². The fraction of sp³-hybridized carbons (Fsp3) is 0. The Morgan fingerprint density at radius 1 is 1.05 bits per heavy atom. The van der Waals surface area contributed by atoms with Crippen molar-refractivity contribution in [3.63, 3.8) is 0 Å². The van der Waals surface area contributed by atoms with Crippen LogP contribution in [0, 0.1) is 16.0 Å². The van der Waals surface area contributed by atoms with E-state index < -0.39 is 0 Å². The van der Waals surface area contributed by atoms with Crippen molar-refractivity contribution in [2.45, 2.75) is 0 Å². The molecule has 0 bridgehead atoms. The molecule has 0 amide bonds. The van der Waals surface area contributed by atoms with Crippen LogP contribution in [-0.4, -0.2) is 15.2 Å². The number of rotatable bonds is 2. The van der Waals surface area contributed by atoms with Crippen molar-refractivity contribution in [3.05, 3.63) is 59.0 Å². The molecule has 3 aromatic rings. The van der Waals surface area contributed by atoms with Crippen LogP contribution < -0.4 is 0 Å². The normalized spacial score (nSPS) is 10.2. The Bertz CT molecular complexity index is 840. The smallest absolute Gasteiger partial charge is 0.127 e. The van der Waals surface area contributed by atoms with Crippen molar-refractivity contribution in [2.75, 3.05) is 0 Å². The summed E-state index contributed by atoms with van der Waals surface area (Å²) in [6.07, 6.45) is 3.46. The van der Waals surface area contributed by atoms with Gasteiger partial charge in [0.05, 0.1) is 17.3 Å². The minimum absolute atomic E-state index is 0.615. The number of nitriles is 1. The number of benzene rings is 1. The molecule has 2 aromatic heterocycles. The van der Waals surface area contributed by atoms with Gasteiger partial charge in [0, 0.05) is 23.5 Å². The number of hydrogen-bond donors (Lipinski definition) is 2. The lowest BCUT2D eigenvalue weighted by Gasteiger charge is -2.03. The molecule has 4 nitrogen and oxygen atoms in total. The lowest BCUT2D eigenvalue weighted by atomic mass is 10.0. The summed E-state index contributed by atoms with van der Waals surface area (Å²) in [5, 5.41) is 15.0. The van der Waals surface area contributed by atoms with Crippen LogP contribution in [0.1, 0.15) is 5.56 Å². The molecule has 0 radical (unpaired) electrons. The van der Waals surface area contributed by atoms with Crippen LogP contribution in [0.4, 0.5) is 0 Å². The zero-order chi connectivity index (χ0) is 13.9. The maximum absolute atomic E-state index is 9.00. The Morgan fingerprint density at radius 3 is 2.60 bits per heavy atom. The standard InChI is InChI=1S/C15H10N4S/c16-9-10-2-1-3-12(8-10)14-13(15(20)19-18-14)11-4-6-17-7-5-11/h1-8H,(H2,18,19,20). The zero-order valence-corrected chi connectivity index (χ0v) is 11.2. The van der Waals surface area contributed by atoms with Crippen molar-refractivity contribution < 1.29 is 0 Å². The average molecular weight is 278 g/mol. The van der Waals surface area contributed by atoms with Gasteiger partial charge in [-0.15, -0.1) is 0 Å². The highest BCUT2D eigenvalue weighted by Gasteiger charge is 2.12. The average Bonchev–Trinajstić information content (AvgIpc) is 2.90. The topological polar surface area (TPSA) is 68.3 Å². The van der Waals surface area contributed by atoms with Gasteiger partial charge in [-0.05, 0) is 29.8 Å². The van der Waals surface area contributed by atoms with E-state index in [0.717, 1.165) is 22.4 Å². The van der Waals surface area contributed by atoms with E-state index in [-0.39, 0.29) is 0 Å². The number of hydrogen-bond acceptors (Lipinski definition) is 3. The summed E-state index contributed by atoms with van der Waals surface area (Å²) in [5.74, 6) is 0. The van der Waals surface area contributed by atoms with E-state index in [0.29, 0.717) is 10.2 Å². The number of pyridine rings is 1. The lowest BCUT2D eigenvalue weighted by molar-refractivity contribution is 1.08. The third-order valence-corrected chi connectivity index (χ3v) is 3.33. The third kappa shape index (κ3) is 2.13. The van der Waals surface area contributed by atoms with Gasteiger partial charge >= 0.3 is 0 Å². The van der Waals surface area contributed by atoms with Gasteiger partial charge in [0.25, 0.3) is 0 Å². The van der Waals surface area contributed by atoms with Gasteiger partial charge < -0.3 is 0 Å². The molecular weight excluding hydrogens is 268 g/mol. The summed E-state index contributed by atoms with van der Waals surface area (Å²) in [5.41, 5.74) is 4.31. The molecule has 20 heavy (non-hydrogen) atoms. The number of aromatic nitrogens is 3. The SMILES string of the molecule is N#Cc1cccc(-c2[nH][nH]c(=S)c2-c2ccncc2)c1. The molecule has 0 aliphatic heterocycles. The van der Waals surface area contributed by atoms with Crippen molar-refractivity contribution in [3.8, 4) is 28.5 Å². The number of nitrogens with one attached hydrogen (secondary N) is 2. The fourth-order valence-electron chi connectivity index (χ4n) is 2.11. The molecule has 0 atom stereocenters. The monoisotopic (exact) mass is 278 g/mol. The first-order valence-electron chi connectivity index (χ1n) is 6.01. The second kappa shape index (κ2) is 5.11. The maximum atomic E-state index is 9.00. The molecule has 0 aliphatic rings. The first kappa shape index (κ1) is 12.3. The number of aromatic amines is 2. The Hall–Kier alpha value is -2.71. The van der Waals surface area contributed by atoms with Crippen LogP contribution in [0.25, 0.3) is 22.4 Å². The van der Waals surface area contributed by atoms with E-state index in [2.05, 4.69) is 21.3 Å². The summed E-state index contributed by atoms with van der Waals surface area (Å²) in [6.45, 7) is 0. The Morgan fingerprint density at radius 2 is 1.85 bits per heavy atom. The molecule has 5 heteroatoms. The van der Waals surface area contributed by atoms with E-state index in [1.54, 1.807) is 18.5 Å². The van der Waals surface area contributed by atoms with Crippen molar-refractivity contribution in [2.24, 2.45) is 0 Å². The van der Waals surface area contributed by atoms with Crippen molar-refractivity contribution in [1.82, 2.24) is 15.2 Å². The molecule has 3 rings (SSSR count). The van der Waals surface area contributed by atoms with Gasteiger partial charge in [-0.1, -0.05) is 24.4 Å². The lowest BCUT2D eigenvalue weighted by Crippen LogP contribution is -1.84. The molecule has 2 N–H and O–H groups in total. The van der Waals surface area contributed by atoms with Crippen LogP contribution >= 0.6 is 12.2 Å². The predicted octanol–water partition coefficient (Wildman–Crippen LogP) is 3.67. The highest BCUT2D eigenvalue weighted by atomic mass is 32.1. The largest absolute Gasteiger partial charge is 0.299 e. The zero-order valence-electron chi connectivity index (χ0n) is 10.4. The van der Waals surface area contributed by atoms with E-state index in [4.69, 9.17) is 17.5 Å². The first-order chi connectivity index (χ1) is 9.79. The molecule has 0 saturated carbocycles. The summed E-state index contributed by atoms with van der Waals surface area (Å²) in [6, 6.07) is 13.4. The van der Waals surface area contributed by atoms with Gasteiger partial charge in [0.1, 0.15) is 4.64 Å². The predicted molar refractivity (Wildman–Crippen MR) is 79.4 cm³/mol. The van der Waals surface area contributed by atoms with Gasteiger partial charge in [0.15, 0.2) is 0 Å². The molecule has 2 heterocycles. The van der Waals surface area contributed by atoms with E-state index in [1.807, 2.05) is 30.3 Å². The van der Waals surface area contributed by atoms with Gasteiger partial charge in [-0.25, -0.2) is 0 Å². The summed E-state index contributed by atoms with van der Waals surface area (Å²) in [7, 11) is 0. The molecular formula is C15H10N4S. The van der Waals surface area contributed by atoms with Crippen molar-refractivity contribution in [1.29, 1.82) is 5.26 Å². The van der Waals surface area contributed by atoms with Gasteiger partial charge in [-0.2, -0.15) is 5.26 Å². The Balaban J connectivity index is 2.22. The third-order valence-electron chi connectivity index (χ3n) is 3.03. The van der Waals surface area contributed by atoms with Crippen LogP contribution in [-0.2, 0) is 0 Å². The van der Waals surface area contributed by atoms with Crippen LogP contribution in [0.5, 0.6) is 0 Å². The fourth-order valence-corrected chi connectivity index (χ4v) is 2.38. The molecule has 0 fully saturated rings. The summed E-state index contributed by atoms with van der Waals surface area (Å²) < 4.78 is 0.633. The van der Waals surface area contributed by atoms with Gasteiger partial charge in [-0.3, -0.25) is 15.2 Å². The Labute approximate surface area is 120 Å².